The first kappa shape index (κ1) is 19.4. The normalized spacial score (nSPS) is 15.7. The Morgan fingerprint density at radius 2 is 1.52 bits per heavy atom. The first-order chi connectivity index (χ1) is 11.8. The summed E-state index contributed by atoms with van der Waals surface area (Å²) in [6, 6.07) is 6.07. The second-order valence-corrected chi connectivity index (χ2v) is 7.30. The van der Waals surface area contributed by atoms with Crippen LogP contribution in [0.3, 0.4) is 0 Å². The molecule has 0 bridgehead atoms. The third-order valence-electron chi connectivity index (χ3n) is 4.91. The molecule has 1 aromatic carbocycles. The van der Waals surface area contributed by atoms with Crippen molar-refractivity contribution in [3.63, 3.8) is 0 Å². The van der Waals surface area contributed by atoms with Crippen LogP contribution in [0.2, 0.25) is 0 Å². The van der Waals surface area contributed by atoms with E-state index in [1.807, 2.05) is 18.2 Å². The SMILES string of the molecule is CCN1CCN(C(=O)C(=O)Nc2c(C(C)C)cccc2C(C)C)CC1. The average molecular weight is 345 g/mol. The van der Waals surface area contributed by atoms with E-state index < -0.39 is 11.8 Å². The van der Waals surface area contributed by atoms with Crippen LogP contribution in [0.1, 0.15) is 57.6 Å². The smallest absolute Gasteiger partial charge is 0.313 e. The molecule has 0 saturated carbocycles. The molecule has 1 heterocycles. The fourth-order valence-corrected chi connectivity index (χ4v) is 3.27. The zero-order chi connectivity index (χ0) is 18.6. The molecule has 1 N–H and O–H groups in total. The molecule has 25 heavy (non-hydrogen) atoms. The van der Waals surface area contributed by atoms with Crippen molar-refractivity contribution >= 4 is 17.5 Å². The van der Waals surface area contributed by atoms with Gasteiger partial charge in [-0.1, -0.05) is 52.8 Å². The largest absolute Gasteiger partial charge is 0.332 e. The molecular formula is C20H31N3O2. The van der Waals surface area contributed by atoms with Crippen molar-refractivity contribution in [1.29, 1.82) is 0 Å². The number of rotatable bonds is 4. The summed E-state index contributed by atoms with van der Waals surface area (Å²) in [4.78, 5) is 29.1. The number of anilines is 1. The van der Waals surface area contributed by atoms with Crippen molar-refractivity contribution in [2.75, 3.05) is 38.0 Å². The van der Waals surface area contributed by atoms with Gasteiger partial charge in [-0.05, 0) is 29.5 Å². The zero-order valence-corrected chi connectivity index (χ0v) is 16.1. The number of hydrogen-bond donors (Lipinski definition) is 1. The maximum atomic E-state index is 12.6. The molecule has 0 aromatic heterocycles. The summed E-state index contributed by atoms with van der Waals surface area (Å²) >= 11 is 0. The van der Waals surface area contributed by atoms with E-state index in [0.29, 0.717) is 13.1 Å². The molecule has 1 aromatic rings. The van der Waals surface area contributed by atoms with Crippen LogP contribution in [0.4, 0.5) is 5.69 Å². The number of amides is 2. The lowest BCUT2D eigenvalue weighted by molar-refractivity contribution is -0.144. The molecule has 2 rings (SSSR count). The standard InChI is InChI=1S/C20H31N3O2/c1-6-22-10-12-23(13-11-22)20(25)19(24)21-18-16(14(2)3)8-7-9-17(18)15(4)5/h7-9,14-15H,6,10-13H2,1-5H3,(H,21,24). The molecule has 0 aliphatic carbocycles. The van der Waals surface area contributed by atoms with E-state index in [1.165, 1.54) is 0 Å². The quantitative estimate of drug-likeness (QED) is 0.854. The minimum atomic E-state index is -0.528. The Bertz CT molecular complexity index is 591. The highest BCUT2D eigenvalue weighted by Crippen LogP contribution is 2.32. The van der Waals surface area contributed by atoms with Crippen LogP contribution in [-0.2, 0) is 9.59 Å². The monoisotopic (exact) mass is 345 g/mol. The fraction of sp³-hybridized carbons (Fsp3) is 0.600. The lowest BCUT2D eigenvalue weighted by atomic mass is 9.92. The van der Waals surface area contributed by atoms with Crippen molar-refractivity contribution in [3.8, 4) is 0 Å². The van der Waals surface area contributed by atoms with Crippen LogP contribution in [0.5, 0.6) is 0 Å². The van der Waals surface area contributed by atoms with Gasteiger partial charge < -0.3 is 15.1 Å². The number of para-hydroxylation sites is 1. The molecule has 138 valence electrons. The second kappa shape index (κ2) is 8.48. The van der Waals surface area contributed by atoms with E-state index >= 15 is 0 Å². The zero-order valence-electron chi connectivity index (χ0n) is 16.1. The molecule has 2 amide bonds. The maximum absolute atomic E-state index is 12.6. The van der Waals surface area contributed by atoms with Crippen LogP contribution < -0.4 is 5.32 Å². The van der Waals surface area contributed by atoms with Gasteiger partial charge in [-0.3, -0.25) is 9.59 Å². The van der Waals surface area contributed by atoms with E-state index in [1.54, 1.807) is 4.90 Å². The van der Waals surface area contributed by atoms with Gasteiger partial charge in [0.1, 0.15) is 0 Å². The number of hydrogen-bond acceptors (Lipinski definition) is 3. The van der Waals surface area contributed by atoms with Gasteiger partial charge >= 0.3 is 11.8 Å². The second-order valence-electron chi connectivity index (χ2n) is 7.30. The summed E-state index contributed by atoms with van der Waals surface area (Å²) in [6.45, 7) is 14.4. The highest BCUT2D eigenvalue weighted by atomic mass is 16.2. The summed E-state index contributed by atoms with van der Waals surface area (Å²) < 4.78 is 0. The minimum Gasteiger partial charge on any atom is -0.332 e. The third-order valence-corrected chi connectivity index (χ3v) is 4.91. The number of carbonyl (C=O) groups is 2. The van der Waals surface area contributed by atoms with Crippen LogP contribution in [0.15, 0.2) is 18.2 Å². The number of nitrogens with one attached hydrogen (secondary N) is 1. The molecule has 5 heteroatoms. The van der Waals surface area contributed by atoms with Crippen LogP contribution in [0.25, 0.3) is 0 Å². The number of carbonyl (C=O) groups excluding carboxylic acids is 2. The van der Waals surface area contributed by atoms with Crippen molar-refractivity contribution in [3.05, 3.63) is 29.3 Å². The molecule has 1 aliphatic rings. The molecule has 1 fully saturated rings. The number of nitrogens with zero attached hydrogens (tertiary/aromatic N) is 2. The average Bonchev–Trinajstić information content (AvgIpc) is 2.60. The van der Waals surface area contributed by atoms with E-state index in [9.17, 15) is 9.59 Å². The molecule has 0 radical (unpaired) electrons. The molecule has 0 atom stereocenters. The van der Waals surface area contributed by atoms with Crippen molar-refractivity contribution in [2.45, 2.75) is 46.5 Å². The number of likely N-dealkylation sites (N-methyl/N-ethyl adjacent to an activating group) is 1. The van der Waals surface area contributed by atoms with Gasteiger partial charge in [-0.25, -0.2) is 0 Å². The van der Waals surface area contributed by atoms with Gasteiger partial charge in [0.2, 0.25) is 0 Å². The molecule has 1 aliphatic heterocycles. The van der Waals surface area contributed by atoms with E-state index in [2.05, 4.69) is 44.8 Å². The highest BCUT2D eigenvalue weighted by Gasteiger charge is 2.27. The predicted octanol–water partition coefficient (Wildman–Crippen LogP) is 3.04. The van der Waals surface area contributed by atoms with Crippen molar-refractivity contribution < 1.29 is 9.59 Å². The van der Waals surface area contributed by atoms with Crippen LogP contribution in [-0.4, -0.2) is 54.3 Å². The Balaban J connectivity index is 2.16. The summed E-state index contributed by atoms with van der Waals surface area (Å²) in [6.07, 6.45) is 0. The Hall–Kier alpha value is -1.88. The van der Waals surface area contributed by atoms with Gasteiger partial charge in [-0.2, -0.15) is 0 Å². The first-order valence-electron chi connectivity index (χ1n) is 9.30. The van der Waals surface area contributed by atoms with E-state index in [0.717, 1.165) is 36.4 Å². The molecule has 5 nitrogen and oxygen atoms in total. The number of piperazine rings is 1. The minimum absolute atomic E-state index is 0.275. The molecule has 1 saturated heterocycles. The van der Waals surface area contributed by atoms with Gasteiger partial charge in [0.25, 0.3) is 0 Å². The molecule has 0 unspecified atom stereocenters. The Morgan fingerprint density at radius 3 is 1.96 bits per heavy atom. The summed E-state index contributed by atoms with van der Waals surface area (Å²) in [5.41, 5.74) is 2.95. The van der Waals surface area contributed by atoms with Gasteiger partial charge in [0.05, 0.1) is 0 Å². The third kappa shape index (κ3) is 4.60. The Labute approximate surface area is 151 Å². The number of benzene rings is 1. The maximum Gasteiger partial charge on any atom is 0.313 e. The Kier molecular flexibility index (Phi) is 6.59. The van der Waals surface area contributed by atoms with E-state index in [4.69, 9.17) is 0 Å². The van der Waals surface area contributed by atoms with Gasteiger partial charge in [0.15, 0.2) is 0 Å². The lowest BCUT2D eigenvalue weighted by Gasteiger charge is -2.33. The van der Waals surface area contributed by atoms with Gasteiger partial charge in [-0.15, -0.1) is 0 Å². The van der Waals surface area contributed by atoms with Crippen molar-refractivity contribution in [1.82, 2.24) is 9.80 Å². The first-order valence-corrected chi connectivity index (χ1v) is 9.30. The van der Waals surface area contributed by atoms with Gasteiger partial charge in [0, 0.05) is 31.9 Å². The van der Waals surface area contributed by atoms with E-state index in [-0.39, 0.29) is 11.8 Å². The Morgan fingerprint density at radius 1 is 1.00 bits per heavy atom. The highest BCUT2D eigenvalue weighted by molar-refractivity contribution is 6.39. The lowest BCUT2D eigenvalue weighted by Crippen LogP contribution is -2.51. The molecule has 0 spiro atoms. The summed E-state index contributed by atoms with van der Waals surface area (Å²) in [5.74, 6) is -0.404. The fourth-order valence-electron chi connectivity index (χ4n) is 3.27. The summed E-state index contributed by atoms with van der Waals surface area (Å²) in [7, 11) is 0. The predicted molar refractivity (Wildman–Crippen MR) is 102 cm³/mol. The summed E-state index contributed by atoms with van der Waals surface area (Å²) in [5, 5.41) is 2.92. The van der Waals surface area contributed by atoms with Crippen LogP contribution in [0, 0.1) is 0 Å². The topological polar surface area (TPSA) is 52.7 Å². The van der Waals surface area contributed by atoms with Crippen LogP contribution >= 0.6 is 0 Å². The molecular weight excluding hydrogens is 314 g/mol. The van der Waals surface area contributed by atoms with Crippen molar-refractivity contribution in [2.24, 2.45) is 0 Å².